The molecule has 1 fully saturated rings. The number of likely N-dealkylation sites (tertiary alicyclic amines) is 1. The number of carbonyl (C=O) groups excluding carboxylic acids is 2. The molecule has 2 heterocycles. The fourth-order valence-electron chi connectivity index (χ4n) is 3.41. The molecule has 1 saturated heterocycles. The highest BCUT2D eigenvalue weighted by molar-refractivity contribution is 5.98. The van der Waals surface area contributed by atoms with Gasteiger partial charge in [-0.15, -0.1) is 12.4 Å². The number of amides is 2. The highest BCUT2D eigenvalue weighted by atomic mass is 35.5. The maximum Gasteiger partial charge on any atom is 0.253 e. The average molecular weight is 338 g/mol. The molecule has 0 aliphatic carbocycles. The zero-order valence-electron chi connectivity index (χ0n) is 13.7. The van der Waals surface area contributed by atoms with Crippen molar-refractivity contribution >= 4 is 29.9 Å². The summed E-state index contributed by atoms with van der Waals surface area (Å²) in [5.74, 6) is 0.123. The SMILES string of the molecule is CC(=O)N1CCc2cc(C(=O)N3CCC(C)(CN)C3)ccc21.Cl. The molecule has 2 aliphatic heterocycles. The van der Waals surface area contributed by atoms with Crippen molar-refractivity contribution in [1.82, 2.24) is 4.90 Å². The van der Waals surface area contributed by atoms with Gasteiger partial charge in [0, 0.05) is 37.8 Å². The molecule has 1 unspecified atom stereocenters. The van der Waals surface area contributed by atoms with Gasteiger partial charge in [0.05, 0.1) is 0 Å². The fraction of sp³-hybridized carbons (Fsp3) is 0.529. The molecule has 23 heavy (non-hydrogen) atoms. The number of nitrogens with zero attached hydrogens (tertiary/aromatic N) is 2. The van der Waals surface area contributed by atoms with E-state index in [-0.39, 0.29) is 29.6 Å². The molecule has 0 spiro atoms. The van der Waals surface area contributed by atoms with E-state index in [1.54, 1.807) is 11.8 Å². The van der Waals surface area contributed by atoms with Crippen LogP contribution in [0.5, 0.6) is 0 Å². The van der Waals surface area contributed by atoms with Crippen LogP contribution in [-0.2, 0) is 11.2 Å². The minimum atomic E-state index is 0. The largest absolute Gasteiger partial charge is 0.338 e. The number of hydrogen-bond donors (Lipinski definition) is 1. The molecule has 2 amide bonds. The second kappa shape index (κ2) is 6.49. The molecule has 2 aliphatic rings. The number of carbonyl (C=O) groups is 2. The van der Waals surface area contributed by atoms with Gasteiger partial charge < -0.3 is 15.5 Å². The third-order valence-electron chi connectivity index (χ3n) is 4.94. The lowest BCUT2D eigenvalue weighted by Crippen LogP contribution is -2.34. The molecular formula is C17H24ClN3O2. The first-order chi connectivity index (χ1) is 10.4. The van der Waals surface area contributed by atoms with E-state index in [0.29, 0.717) is 18.7 Å². The Hall–Kier alpha value is -1.59. The van der Waals surface area contributed by atoms with Crippen LogP contribution in [0, 0.1) is 5.41 Å². The van der Waals surface area contributed by atoms with Gasteiger partial charge in [-0.05, 0) is 48.6 Å². The van der Waals surface area contributed by atoms with Crippen molar-refractivity contribution in [3.05, 3.63) is 29.3 Å². The Balaban J connectivity index is 0.00000192. The molecule has 0 aromatic heterocycles. The molecular weight excluding hydrogens is 314 g/mol. The van der Waals surface area contributed by atoms with Crippen LogP contribution in [0.4, 0.5) is 5.69 Å². The summed E-state index contributed by atoms with van der Waals surface area (Å²) in [4.78, 5) is 27.9. The minimum Gasteiger partial charge on any atom is -0.338 e. The third-order valence-corrected chi connectivity index (χ3v) is 4.94. The molecule has 1 aromatic rings. The summed E-state index contributed by atoms with van der Waals surface area (Å²) >= 11 is 0. The van der Waals surface area contributed by atoms with E-state index < -0.39 is 0 Å². The van der Waals surface area contributed by atoms with E-state index in [1.807, 2.05) is 23.1 Å². The number of nitrogens with two attached hydrogens (primary N) is 1. The molecule has 126 valence electrons. The number of anilines is 1. The van der Waals surface area contributed by atoms with Gasteiger partial charge in [-0.2, -0.15) is 0 Å². The maximum absolute atomic E-state index is 12.7. The Bertz CT molecular complexity index is 634. The summed E-state index contributed by atoms with van der Waals surface area (Å²) in [6.45, 7) is 6.51. The third kappa shape index (κ3) is 3.21. The van der Waals surface area contributed by atoms with Crippen LogP contribution in [0.15, 0.2) is 18.2 Å². The Kier molecular flexibility index (Phi) is 5.01. The number of fused-ring (bicyclic) bond motifs is 1. The predicted molar refractivity (Wildman–Crippen MR) is 93.1 cm³/mol. The number of rotatable bonds is 2. The van der Waals surface area contributed by atoms with Crippen LogP contribution in [0.25, 0.3) is 0 Å². The van der Waals surface area contributed by atoms with Crippen LogP contribution in [-0.4, -0.2) is 42.9 Å². The molecule has 2 N–H and O–H groups in total. The van der Waals surface area contributed by atoms with Gasteiger partial charge in [-0.25, -0.2) is 0 Å². The lowest BCUT2D eigenvalue weighted by molar-refractivity contribution is -0.116. The minimum absolute atomic E-state index is 0. The second-order valence-corrected chi connectivity index (χ2v) is 6.76. The average Bonchev–Trinajstić information content (AvgIpc) is 3.10. The Morgan fingerprint density at radius 1 is 1.30 bits per heavy atom. The first-order valence-corrected chi connectivity index (χ1v) is 7.84. The van der Waals surface area contributed by atoms with Crippen molar-refractivity contribution in [1.29, 1.82) is 0 Å². The molecule has 3 rings (SSSR count). The molecule has 0 saturated carbocycles. The Labute approximate surface area is 143 Å². The van der Waals surface area contributed by atoms with Crippen molar-refractivity contribution in [3.8, 4) is 0 Å². The summed E-state index contributed by atoms with van der Waals surface area (Å²) in [7, 11) is 0. The summed E-state index contributed by atoms with van der Waals surface area (Å²) in [5, 5.41) is 0. The summed E-state index contributed by atoms with van der Waals surface area (Å²) in [5.41, 5.74) is 8.59. The van der Waals surface area contributed by atoms with E-state index in [2.05, 4.69) is 6.92 Å². The summed E-state index contributed by atoms with van der Waals surface area (Å²) in [6.07, 6.45) is 1.77. The number of halogens is 1. The van der Waals surface area contributed by atoms with Gasteiger partial charge in [0.15, 0.2) is 0 Å². The van der Waals surface area contributed by atoms with E-state index in [4.69, 9.17) is 5.73 Å². The summed E-state index contributed by atoms with van der Waals surface area (Å²) < 4.78 is 0. The van der Waals surface area contributed by atoms with Crippen LogP contribution < -0.4 is 10.6 Å². The van der Waals surface area contributed by atoms with Gasteiger partial charge >= 0.3 is 0 Å². The molecule has 6 heteroatoms. The van der Waals surface area contributed by atoms with Crippen LogP contribution in [0.1, 0.15) is 36.2 Å². The maximum atomic E-state index is 12.7. The van der Waals surface area contributed by atoms with Crippen molar-refractivity contribution in [2.75, 3.05) is 31.1 Å². The van der Waals surface area contributed by atoms with Crippen molar-refractivity contribution in [3.63, 3.8) is 0 Å². The molecule has 1 aromatic carbocycles. The molecule has 5 nitrogen and oxygen atoms in total. The Morgan fingerprint density at radius 2 is 2.04 bits per heavy atom. The van der Waals surface area contributed by atoms with Gasteiger partial charge in [-0.3, -0.25) is 9.59 Å². The van der Waals surface area contributed by atoms with Gasteiger partial charge in [0.25, 0.3) is 5.91 Å². The van der Waals surface area contributed by atoms with E-state index >= 15 is 0 Å². The van der Waals surface area contributed by atoms with E-state index in [1.165, 1.54) is 0 Å². The van der Waals surface area contributed by atoms with Gasteiger partial charge in [0.1, 0.15) is 0 Å². The summed E-state index contributed by atoms with van der Waals surface area (Å²) in [6, 6.07) is 5.68. The van der Waals surface area contributed by atoms with Gasteiger partial charge in [0.2, 0.25) is 5.91 Å². The molecule has 0 radical (unpaired) electrons. The van der Waals surface area contributed by atoms with Crippen LogP contribution >= 0.6 is 12.4 Å². The monoisotopic (exact) mass is 337 g/mol. The standard InChI is InChI=1S/C17H23N3O2.ClH/c1-12(21)20-7-5-13-9-14(3-4-15(13)20)16(22)19-8-6-17(2,10-18)11-19;/h3-4,9H,5-8,10-11,18H2,1-2H3;1H. The molecule has 1 atom stereocenters. The highest BCUT2D eigenvalue weighted by Crippen LogP contribution is 2.32. The number of hydrogen-bond acceptors (Lipinski definition) is 3. The van der Waals surface area contributed by atoms with Crippen LogP contribution in [0.2, 0.25) is 0 Å². The molecule has 0 bridgehead atoms. The second-order valence-electron chi connectivity index (χ2n) is 6.76. The van der Waals surface area contributed by atoms with Crippen molar-refractivity contribution in [2.45, 2.75) is 26.7 Å². The quantitative estimate of drug-likeness (QED) is 0.895. The van der Waals surface area contributed by atoms with Crippen molar-refractivity contribution in [2.24, 2.45) is 11.1 Å². The normalized spacial score (nSPS) is 22.7. The topological polar surface area (TPSA) is 66.6 Å². The number of benzene rings is 1. The first kappa shape index (κ1) is 17.8. The smallest absolute Gasteiger partial charge is 0.253 e. The van der Waals surface area contributed by atoms with E-state index in [9.17, 15) is 9.59 Å². The van der Waals surface area contributed by atoms with Gasteiger partial charge in [-0.1, -0.05) is 6.92 Å². The predicted octanol–water partition coefficient (Wildman–Crippen LogP) is 1.83. The zero-order valence-corrected chi connectivity index (χ0v) is 14.5. The van der Waals surface area contributed by atoms with Crippen LogP contribution in [0.3, 0.4) is 0 Å². The first-order valence-electron chi connectivity index (χ1n) is 7.84. The van der Waals surface area contributed by atoms with E-state index in [0.717, 1.165) is 37.2 Å². The Morgan fingerprint density at radius 3 is 2.65 bits per heavy atom. The lowest BCUT2D eigenvalue weighted by Gasteiger charge is -2.23. The highest BCUT2D eigenvalue weighted by Gasteiger charge is 2.35. The zero-order chi connectivity index (χ0) is 15.9. The fourth-order valence-corrected chi connectivity index (χ4v) is 3.41. The van der Waals surface area contributed by atoms with Crippen molar-refractivity contribution < 1.29 is 9.59 Å². The lowest BCUT2D eigenvalue weighted by atomic mass is 9.90.